The zero-order valence-corrected chi connectivity index (χ0v) is 18.7. The van der Waals surface area contributed by atoms with Crippen LogP contribution in [-0.4, -0.2) is 46.7 Å². The van der Waals surface area contributed by atoms with Crippen LogP contribution in [0.15, 0.2) is 53.8 Å². The van der Waals surface area contributed by atoms with E-state index in [0.717, 1.165) is 12.1 Å². The van der Waals surface area contributed by atoms with Crippen LogP contribution in [0.25, 0.3) is 0 Å². The third-order valence-corrected chi connectivity index (χ3v) is 4.58. The highest BCUT2D eigenvalue weighted by Crippen LogP contribution is 2.33. The molecule has 1 fully saturated rings. The van der Waals surface area contributed by atoms with Crippen molar-refractivity contribution in [3.05, 3.63) is 65.1 Å². The summed E-state index contributed by atoms with van der Waals surface area (Å²) in [5.41, 5.74) is 10.3. The highest BCUT2D eigenvalue weighted by Gasteiger charge is 2.34. The lowest BCUT2D eigenvalue weighted by molar-refractivity contribution is -0.138. The molecular weight excluding hydrogens is 482 g/mol. The van der Waals surface area contributed by atoms with E-state index in [0.29, 0.717) is 24.2 Å². The first-order valence-corrected chi connectivity index (χ1v) is 10.00. The van der Waals surface area contributed by atoms with Gasteiger partial charge in [0, 0.05) is 25.0 Å². The van der Waals surface area contributed by atoms with Gasteiger partial charge in [0.15, 0.2) is 0 Å². The molecule has 0 unspecified atom stereocenters. The maximum Gasteiger partial charge on any atom is 0.416 e. The Balaban J connectivity index is 0.000000402. The number of allylic oxidation sites excluding steroid dienone is 3. The zero-order chi connectivity index (χ0) is 26.3. The number of halogens is 6. The molecule has 0 spiro atoms. The van der Waals surface area contributed by atoms with Crippen molar-refractivity contribution in [3.8, 4) is 5.75 Å². The number of carbonyl (C=O) groups excluding carboxylic acids is 1. The molecule has 0 saturated carbocycles. The Labute approximate surface area is 196 Å². The largest absolute Gasteiger partial charge is 0.487 e. The minimum absolute atomic E-state index is 0.175. The predicted molar refractivity (Wildman–Crippen MR) is 115 cm³/mol. The average Bonchev–Trinajstić information content (AvgIpc) is 3.13. The van der Waals surface area contributed by atoms with Crippen molar-refractivity contribution in [2.45, 2.75) is 25.6 Å². The predicted octanol–water partition coefficient (Wildman–Crippen LogP) is 3.19. The summed E-state index contributed by atoms with van der Waals surface area (Å²) in [6, 6.07) is 1.92. The van der Waals surface area contributed by atoms with Crippen LogP contribution in [0, 0.1) is 5.82 Å². The summed E-state index contributed by atoms with van der Waals surface area (Å²) in [5, 5.41) is 6.29. The molecule has 35 heavy (non-hydrogen) atoms. The number of aryl methyl sites for hydroxylation is 1. The second kappa shape index (κ2) is 11.5. The van der Waals surface area contributed by atoms with Gasteiger partial charge in [-0.3, -0.25) is 9.48 Å². The summed E-state index contributed by atoms with van der Waals surface area (Å²) < 4.78 is 83.5. The van der Waals surface area contributed by atoms with Gasteiger partial charge < -0.3 is 26.4 Å². The van der Waals surface area contributed by atoms with Crippen molar-refractivity contribution >= 4 is 12.1 Å². The monoisotopic (exact) mass is 506 g/mol. The Kier molecular flexibility index (Phi) is 9.03. The molecule has 0 aliphatic carbocycles. The van der Waals surface area contributed by atoms with Crippen LogP contribution in [0.4, 0.5) is 32.0 Å². The molecule has 0 radical (unpaired) electrons. The number of carbonyl (C=O) groups is 1. The molecule has 2 heterocycles. The van der Waals surface area contributed by atoms with E-state index in [2.05, 4.69) is 10.4 Å². The van der Waals surface area contributed by atoms with Crippen molar-refractivity contribution in [1.82, 2.24) is 14.7 Å². The number of anilines is 1. The number of rotatable bonds is 7. The summed E-state index contributed by atoms with van der Waals surface area (Å²) in [6.07, 6.45) is -3.13. The van der Waals surface area contributed by atoms with E-state index >= 15 is 0 Å². The molecular formula is C21H24F6N6O2. The highest BCUT2D eigenvalue weighted by molar-refractivity contribution is 5.69. The molecule has 192 valence electrons. The summed E-state index contributed by atoms with van der Waals surface area (Å²) in [5.74, 6) is -1.34. The summed E-state index contributed by atoms with van der Waals surface area (Å²) in [4.78, 5) is 11.4. The van der Waals surface area contributed by atoms with E-state index in [1.54, 1.807) is 29.0 Å². The lowest BCUT2D eigenvalue weighted by atomic mass is 10.1. The van der Waals surface area contributed by atoms with Crippen LogP contribution in [0.3, 0.4) is 0 Å². The van der Waals surface area contributed by atoms with Gasteiger partial charge in [-0.05, 0) is 25.1 Å². The maximum absolute atomic E-state index is 13.4. The molecule has 1 aliphatic rings. The van der Waals surface area contributed by atoms with Crippen LogP contribution in [0.1, 0.15) is 12.5 Å². The van der Waals surface area contributed by atoms with Gasteiger partial charge in [-0.1, -0.05) is 0 Å². The number of hydrogen-bond acceptors (Lipinski definition) is 6. The molecule has 8 nitrogen and oxygen atoms in total. The number of hydrogen-bond donors (Lipinski definition) is 3. The van der Waals surface area contributed by atoms with Gasteiger partial charge in [0.1, 0.15) is 17.7 Å². The normalized spacial score (nSPS) is 15.1. The van der Waals surface area contributed by atoms with Gasteiger partial charge >= 0.3 is 6.18 Å². The fourth-order valence-corrected chi connectivity index (χ4v) is 2.94. The highest BCUT2D eigenvalue weighted by atomic mass is 19.4. The number of ether oxygens (including phenoxy) is 1. The molecule has 1 aromatic carbocycles. The first-order valence-electron chi connectivity index (χ1n) is 10.00. The SMILES string of the molecule is C/C(N)=C(/C=C(\N)C(F)F)N1CC(Oc2cc(F)cc(C(F)(F)F)c2)C1.Cn1cc(NC=O)cn1. The molecule has 1 aliphatic heterocycles. The third kappa shape index (κ3) is 8.15. The molecule has 1 saturated heterocycles. The minimum atomic E-state index is -4.70. The number of nitrogens with two attached hydrogens (primary N) is 2. The Morgan fingerprint density at radius 2 is 1.91 bits per heavy atom. The quantitative estimate of drug-likeness (QED) is 0.302. The number of nitrogens with zero attached hydrogens (tertiary/aromatic N) is 3. The number of benzene rings is 1. The number of likely N-dealkylation sites (tertiary alicyclic amines) is 1. The summed E-state index contributed by atoms with van der Waals surface area (Å²) in [7, 11) is 1.79. The smallest absolute Gasteiger partial charge is 0.416 e. The van der Waals surface area contributed by atoms with Crippen molar-refractivity contribution in [3.63, 3.8) is 0 Å². The van der Waals surface area contributed by atoms with Crippen LogP contribution in [-0.2, 0) is 18.0 Å². The van der Waals surface area contributed by atoms with E-state index in [-0.39, 0.29) is 30.2 Å². The number of aromatic nitrogens is 2. The van der Waals surface area contributed by atoms with Gasteiger partial charge in [-0.15, -0.1) is 0 Å². The van der Waals surface area contributed by atoms with Crippen molar-refractivity contribution < 1.29 is 35.9 Å². The molecule has 0 atom stereocenters. The van der Waals surface area contributed by atoms with Gasteiger partial charge in [-0.25, -0.2) is 13.2 Å². The molecule has 5 N–H and O–H groups in total. The Morgan fingerprint density at radius 1 is 1.26 bits per heavy atom. The standard InChI is InChI=1S/C16H17F6N3O.C5H7N3O/c1-8(23)14(5-13(24)15(18)19)25-6-12(7-25)26-11-3-9(16(20,21)22)2-10(17)4-11;1-8-3-5(2-7-8)6-4-9/h2-5,12,15H,6-7,23-24H2,1H3;2-4H,1H3,(H,6,9)/b13-5-,14-8+;. The van der Waals surface area contributed by atoms with Crippen LogP contribution < -0.4 is 21.5 Å². The summed E-state index contributed by atoms with van der Waals surface area (Å²) >= 11 is 0. The molecule has 3 rings (SSSR count). The average molecular weight is 506 g/mol. The van der Waals surface area contributed by atoms with E-state index in [1.807, 2.05) is 0 Å². The molecule has 14 heteroatoms. The Morgan fingerprint density at radius 3 is 2.40 bits per heavy atom. The van der Waals surface area contributed by atoms with Crippen molar-refractivity contribution in [1.29, 1.82) is 0 Å². The maximum atomic E-state index is 13.4. The topological polar surface area (TPSA) is 111 Å². The molecule has 2 aromatic rings. The fourth-order valence-electron chi connectivity index (χ4n) is 2.94. The van der Waals surface area contributed by atoms with E-state index in [4.69, 9.17) is 16.2 Å². The number of nitrogens with one attached hydrogen (secondary N) is 1. The lowest BCUT2D eigenvalue weighted by Gasteiger charge is -2.41. The molecule has 1 aromatic heterocycles. The van der Waals surface area contributed by atoms with Crippen molar-refractivity contribution in [2.24, 2.45) is 18.5 Å². The van der Waals surface area contributed by atoms with Crippen LogP contribution >= 0.6 is 0 Å². The fraction of sp³-hybridized carbons (Fsp3) is 0.333. The second-order valence-corrected chi connectivity index (χ2v) is 7.50. The van der Waals surface area contributed by atoms with Crippen molar-refractivity contribution in [2.75, 3.05) is 18.4 Å². The zero-order valence-electron chi connectivity index (χ0n) is 18.7. The first kappa shape index (κ1) is 27.4. The molecule has 0 bridgehead atoms. The minimum Gasteiger partial charge on any atom is -0.487 e. The van der Waals surface area contributed by atoms with Gasteiger partial charge in [0.25, 0.3) is 6.43 Å². The number of amides is 1. The van der Waals surface area contributed by atoms with Gasteiger partial charge in [0.2, 0.25) is 6.41 Å². The molecule has 1 amide bonds. The number of alkyl halides is 5. The second-order valence-electron chi connectivity index (χ2n) is 7.50. The lowest BCUT2D eigenvalue weighted by Crippen LogP contribution is -2.53. The van der Waals surface area contributed by atoms with Gasteiger partial charge in [-0.2, -0.15) is 18.3 Å². The van der Waals surface area contributed by atoms with E-state index in [1.165, 1.54) is 6.92 Å². The third-order valence-electron chi connectivity index (χ3n) is 4.58. The summed E-state index contributed by atoms with van der Waals surface area (Å²) in [6.45, 7) is 1.85. The first-order chi connectivity index (χ1) is 16.3. The Hall–Kier alpha value is -3.84. The Bertz CT molecular complexity index is 1070. The van der Waals surface area contributed by atoms with E-state index < -0.39 is 35.8 Å². The van der Waals surface area contributed by atoms with E-state index in [9.17, 15) is 31.1 Å². The van der Waals surface area contributed by atoms with Crippen LogP contribution in [0.2, 0.25) is 0 Å². The van der Waals surface area contributed by atoms with Crippen LogP contribution in [0.5, 0.6) is 5.75 Å². The van der Waals surface area contributed by atoms with Gasteiger partial charge in [0.05, 0.1) is 41.9 Å².